The maximum atomic E-state index is 14.5. The van der Waals surface area contributed by atoms with Crippen LogP contribution in [0.15, 0.2) is 18.5 Å². The predicted molar refractivity (Wildman–Crippen MR) is 116 cm³/mol. The molecule has 0 aliphatic carbocycles. The van der Waals surface area contributed by atoms with E-state index >= 15 is 0 Å². The highest BCUT2D eigenvalue weighted by Gasteiger charge is 2.27. The second kappa shape index (κ2) is 11.0. The van der Waals surface area contributed by atoms with Crippen LogP contribution in [0.1, 0.15) is 33.6 Å². The van der Waals surface area contributed by atoms with Crippen LogP contribution in [0.5, 0.6) is 17.4 Å². The number of hydrogen-bond donors (Lipinski definition) is 1. The number of amides is 1. The van der Waals surface area contributed by atoms with Gasteiger partial charge in [-0.25, -0.2) is 18.6 Å². The Morgan fingerprint density at radius 3 is 2.58 bits per heavy atom. The van der Waals surface area contributed by atoms with Crippen molar-refractivity contribution in [3.8, 4) is 17.4 Å². The molecule has 1 saturated heterocycles. The molecule has 9 nitrogen and oxygen atoms in total. The molecule has 33 heavy (non-hydrogen) atoms. The minimum absolute atomic E-state index is 0.114. The van der Waals surface area contributed by atoms with Crippen LogP contribution < -0.4 is 19.5 Å². The van der Waals surface area contributed by atoms with Crippen LogP contribution in [0.3, 0.4) is 0 Å². The van der Waals surface area contributed by atoms with Gasteiger partial charge >= 0.3 is 6.09 Å². The fourth-order valence-corrected chi connectivity index (χ4v) is 3.32. The van der Waals surface area contributed by atoms with Gasteiger partial charge in [0.2, 0.25) is 5.75 Å². The number of halogens is 2. The summed E-state index contributed by atoms with van der Waals surface area (Å²) in [7, 11) is 1.40. The molecule has 1 N–H and O–H groups in total. The van der Waals surface area contributed by atoms with Crippen molar-refractivity contribution >= 4 is 17.6 Å². The predicted octanol–water partition coefficient (Wildman–Crippen LogP) is 4.29. The highest BCUT2D eigenvalue weighted by molar-refractivity contribution is 5.68. The molecule has 180 valence electrons. The summed E-state index contributed by atoms with van der Waals surface area (Å²) in [6, 6.07) is 1.94. The number of hydrogen-bond acceptors (Lipinski definition) is 8. The molecule has 0 saturated carbocycles. The van der Waals surface area contributed by atoms with Gasteiger partial charge in [-0.15, -0.1) is 0 Å². The lowest BCUT2D eigenvalue weighted by atomic mass is 10.1. The van der Waals surface area contributed by atoms with E-state index in [2.05, 4.69) is 15.3 Å². The summed E-state index contributed by atoms with van der Waals surface area (Å²) in [6.07, 6.45) is 1.63. The smallest absolute Gasteiger partial charge is 0.410 e. The number of carbonyl (C=O) groups excluding carboxylic acids is 1. The summed E-state index contributed by atoms with van der Waals surface area (Å²) in [4.78, 5) is 21.9. The first-order valence-corrected chi connectivity index (χ1v) is 10.7. The van der Waals surface area contributed by atoms with Crippen LogP contribution in [0.4, 0.5) is 25.1 Å². The van der Waals surface area contributed by atoms with Crippen molar-refractivity contribution in [2.75, 3.05) is 32.1 Å². The Kier molecular flexibility index (Phi) is 8.07. The van der Waals surface area contributed by atoms with Crippen LogP contribution in [0, 0.1) is 11.6 Å². The van der Waals surface area contributed by atoms with Crippen LogP contribution in [0.2, 0.25) is 0 Å². The first-order valence-electron chi connectivity index (χ1n) is 10.7. The normalized spacial score (nSPS) is 14.2. The standard InChI is InChI=1S/C22H28F2N4O5/c1-5-31-18-11-15(23)17(10-16(18)24)27-20-19(30-4)21(26-12-25-20)33-14-6-8-28(9-7-14)22(29)32-13(2)3/h10-14H,5-9H2,1-4H3,(H,25,26,27). The van der Waals surface area contributed by atoms with Gasteiger partial charge in [0.1, 0.15) is 12.4 Å². The molecule has 1 aliphatic heterocycles. The highest BCUT2D eigenvalue weighted by atomic mass is 19.1. The van der Waals surface area contributed by atoms with E-state index in [1.54, 1.807) is 25.7 Å². The molecule has 3 rings (SSSR count). The van der Waals surface area contributed by atoms with Crippen molar-refractivity contribution in [3.63, 3.8) is 0 Å². The summed E-state index contributed by atoms with van der Waals surface area (Å²) in [5.41, 5.74) is -0.143. The van der Waals surface area contributed by atoms with Gasteiger partial charge in [-0.2, -0.15) is 4.98 Å². The maximum absolute atomic E-state index is 14.5. The van der Waals surface area contributed by atoms with Gasteiger partial charge in [-0.1, -0.05) is 0 Å². The van der Waals surface area contributed by atoms with E-state index in [0.29, 0.717) is 25.9 Å². The van der Waals surface area contributed by atoms with Crippen LogP contribution in [-0.2, 0) is 4.74 Å². The molecule has 1 aromatic carbocycles. The average molecular weight is 466 g/mol. The molecular formula is C22H28F2N4O5. The Morgan fingerprint density at radius 1 is 1.21 bits per heavy atom. The first-order chi connectivity index (χ1) is 15.8. The fraction of sp³-hybridized carbons (Fsp3) is 0.500. The van der Waals surface area contributed by atoms with Gasteiger partial charge in [-0.3, -0.25) is 0 Å². The summed E-state index contributed by atoms with van der Waals surface area (Å²) in [5, 5.41) is 2.72. The zero-order chi connectivity index (χ0) is 24.0. The molecule has 1 aliphatic rings. The Hall–Kier alpha value is -3.37. The number of piperidine rings is 1. The Morgan fingerprint density at radius 2 is 1.94 bits per heavy atom. The molecule has 0 radical (unpaired) electrons. The summed E-state index contributed by atoms with van der Waals surface area (Å²) >= 11 is 0. The van der Waals surface area contributed by atoms with Crippen molar-refractivity contribution in [1.82, 2.24) is 14.9 Å². The molecular weight excluding hydrogens is 438 g/mol. The molecule has 0 atom stereocenters. The third-order valence-corrected chi connectivity index (χ3v) is 4.86. The molecule has 2 heterocycles. The number of rotatable bonds is 8. The van der Waals surface area contributed by atoms with Crippen molar-refractivity contribution in [3.05, 3.63) is 30.1 Å². The van der Waals surface area contributed by atoms with Gasteiger partial charge in [0.15, 0.2) is 23.2 Å². The van der Waals surface area contributed by atoms with E-state index in [1.165, 1.54) is 13.4 Å². The minimum Gasteiger partial charge on any atom is -0.491 e. The third-order valence-electron chi connectivity index (χ3n) is 4.86. The lowest BCUT2D eigenvalue weighted by molar-refractivity contribution is 0.0500. The Balaban J connectivity index is 1.70. The topological polar surface area (TPSA) is 95.0 Å². The zero-order valence-electron chi connectivity index (χ0n) is 19.1. The average Bonchev–Trinajstić information content (AvgIpc) is 2.77. The lowest BCUT2D eigenvalue weighted by Gasteiger charge is -2.31. The number of anilines is 2. The second-order valence-corrected chi connectivity index (χ2v) is 7.62. The van der Waals surface area contributed by atoms with Crippen molar-refractivity contribution in [2.24, 2.45) is 0 Å². The first kappa shape index (κ1) is 24.3. The van der Waals surface area contributed by atoms with E-state index in [9.17, 15) is 13.6 Å². The van der Waals surface area contributed by atoms with Gasteiger partial charge in [0.05, 0.1) is 25.5 Å². The van der Waals surface area contributed by atoms with Crippen molar-refractivity contribution in [2.45, 2.75) is 45.8 Å². The minimum atomic E-state index is -0.719. The number of ether oxygens (including phenoxy) is 4. The van der Waals surface area contributed by atoms with Gasteiger partial charge < -0.3 is 29.2 Å². The van der Waals surface area contributed by atoms with Gasteiger partial charge in [-0.05, 0) is 20.8 Å². The van der Waals surface area contributed by atoms with Crippen molar-refractivity contribution in [1.29, 1.82) is 0 Å². The van der Waals surface area contributed by atoms with Gasteiger partial charge in [0.25, 0.3) is 5.88 Å². The number of aromatic nitrogens is 2. The second-order valence-electron chi connectivity index (χ2n) is 7.62. The molecule has 2 aromatic rings. The SMILES string of the molecule is CCOc1cc(F)c(Nc2ncnc(OC3CCN(C(=O)OC(C)C)CC3)c2OC)cc1F. The number of methoxy groups -OCH3 is 1. The van der Waals surface area contributed by atoms with E-state index in [4.69, 9.17) is 18.9 Å². The quantitative estimate of drug-likeness (QED) is 0.616. The maximum Gasteiger partial charge on any atom is 0.410 e. The molecule has 1 fully saturated rings. The van der Waals surface area contributed by atoms with Crippen LogP contribution in [-0.4, -0.2) is 60.0 Å². The van der Waals surface area contributed by atoms with E-state index in [0.717, 1.165) is 12.1 Å². The van der Waals surface area contributed by atoms with E-state index in [1.807, 2.05) is 0 Å². The van der Waals surface area contributed by atoms with Crippen molar-refractivity contribution < 1.29 is 32.5 Å². The number of likely N-dealkylation sites (tertiary alicyclic amines) is 1. The summed E-state index contributed by atoms with van der Waals surface area (Å²) < 4.78 is 50.3. The molecule has 1 amide bonds. The molecule has 1 aromatic heterocycles. The number of nitrogens with zero attached hydrogens (tertiary/aromatic N) is 3. The monoisotopic (exact) mass is 466 g/mol. The Labute approximate surface area is 191 Å². The summed E-state index contributed by atoms with van der Waals surface area (Å²) in [6.45, 7) is 6.44. The number of nitrogens with one attached hydrogen (secondary N) is 1. The largest absolute Gasteiger partial charge is 0.491 e. The lowest BCUT2D eigenvalue weighted by Crippen LogP contribution is -2.42. The van der Waals surface area contributed by atoms with Crippen LogP contribution >= 0.6 is 0 Å². The van der Waals surface area contributed by atoms with E-state index < -0.39 is 11.6 Å². The number of benzene rings is 1. The fourth-order valence-electron chi connectivity index (χ4n) is 3.32. The molecule has 11 heteroatoms. The number of carbonyl (C=O) groups is 1. The third kappa shape index (κ3) is 6.11. The zero-order valence-corrected chi connectivity index (χ0v) is 19.1. The summed E-state index contributed by atoms with van der Waals surface area (Å²) in [5.74, 6) is -1.19. The highest BCUT2D eigenvalue weighted by Crippen LogP contribution is 2.36. The molecule has 0 bridgehead atoms. The molecule has 0 unspecified atom stereocenters. The van der Waals surface area contributed by atoms with Crippen LogP contribution in [0.25, 0.3) is 0 Å². The van der Waals surface area contributed by atoms with Gasteiger partial charge in [0, 0.05) is 38.1 Å². The molecule has 0 spiro atoms. The van der Waals surface area contributed by atoms with E-state index in [-0.39, 0.29) is 53.8 Å². The Bertz CT molecular complexity index is 968.